The van der Waals surface area contributed by atoms with E-state index in [1.54, 1.807) is 4.90 Å². The third-order valence-corrected chi connectivity index (χ3v) is 4.86. The highest BCUT2D eigenvalue weighted by Crippen LogP contribution is 2.37. The number of hydrogen-bond acceptors (Lipinski definition) is 3. The molecule has 2 saturated heterocycles. The maximum Gasteiger partial charge on any atom is 0.433 e. The van der Waals surface area contributed by atoms with E-state index in [-0.39, 0.29) is 17.0 Å². The SMILES string of the molecule is CN1CC[C@]12CCCN(C(=O)c1ccnc(C(F)(F)F)c1)C2. The number of likely N-dealkylation sites (N-methyl/N-ethyl adjacent to an activating group) is 1. The highest BCUT2D eigenvalue weighted by atomic mass is 19.4. The number of piperidine rings is 1. The van der Waals surface area contributed by atoms with E-state index in [0.29, 0.717) is 13.1 Å². The summed E-state index contributed by atoms with van der Waals surface area (Å²) < 4.78 is 38.2. The molecule has 22 heavy (non-hydrogen) atoms. The minimum Gasteiger partial charge on any atom is -0.337 e. The zero-order chi connectivity index (χ0) is 16.0. The van der Waals surface area contributed by atoms with Crippen molar-refractivity contribution in [3.8, 4) is 0 Å². The Morgan fingerprint density at radius 3 is 2.68 bits per heavy atom. The van der Waals surface area contributed by atoms with Crippen molar-refractivity contribution in [1.29, 1.82) is 0 Å². The molecule has 2 fully saturated rings. The van der Waals surface area contributed by atoms with Crippen LogP contribution >= 0.6 is 0 Å². The topological polar surface area (TPSA) is 36.4 Å². The number of aromatic nitrogens is 1. The van der Waals surface area contributed by atoms with Crippen LogP contribution in [0.2, 0.25) is 0 Å². The Morgan fingerprint density at radius 1 is 1.32 bits per heavy atom. The molecule has 0 unspecified atom stereocenters. The predicted octanol–water partition coefficient (Wildman–Crippen LogP) is 2.41. The minimum atomic E-state index is -4.53. The molecule has 120 valence electrons. The number of carbonyl (C=O) groups is 1. The molecule has 7 heteroatoms. The van der Waals surface area contributed by atoms with Crippen LogP contribution in [0.5, 0.6) is 0 Å². The van der Waals surface area contributed by atoms with Gasteiger partial charge in [0.05, 0.1) is 0 Å². The second kappa shape index (κ2) is 5.22. The van der Waals surface area contributed by atoms with Crippen molar-refractivity contribution in [3.05, 3.63) is 29.6 Å². The second-order valence-electron chi connectivity index (χ2n) is 6.15. The van der Waals surface area contributed by atoms with Crippen LogP contribution in [-0.4, -0.2) is 52.9 Å². The van der Waals surface area contributed by atoms with E-state index in [0.717, 1.165) is 38.1 Å². The summed E-state index contributed by atoms with van der Waals surface area (Å²) in [6.07, 6.45) is -0.527. The van der Waals surface area contributed by atoms with E-state index in [9.17, 15) is 18.0 Å². The molecule has 1 aromatic rings. The summed E-state index contributed by atoms with van der Waals surface area (Å²) in [7, 11) is 2.03. The van der Waals surface area contributed by atoms with Gasteiger partial charge >= 0.3 is 6.18 Å². The Morgan fingerprint density at radius 2 is 2.09 bits per heavy atom. The minimum absolute atomic E-state index is 0.0216. The van der Waals surface area contributed by atoms with Gasteiger partial charge < -0.3 is 4.90 Å². The van der Waals surface area contributed by atoms with Gasteiger partial charge in [0, 0.05) is 36.9 Å². The normalized spacial score (nSPS) is 26.1. The molecule has 0 radical (unpaired) electrons. The van der Waals surface area contributed by atoms with Gasteiger partial charge in [0.25, 0.3) is 5.91 Å². The Kier molecular flexibility index (Phi) is 3.63. The van der Waals surface area contributed by atoms with E-state index < -0.39 is 11.9 Å². The van der Waals surface area contributed by atoms with Crippen molar-refractivity contribution in [2.24, 2.45) is 0 Å². The molecule has 2 aliphatic heterocycles. The fourth-order valence-corrected chi connectivity index (χ4v) is 3.35. The fourth-order valence-electron chi connectivity index (χ4n) is 3.35. The van der Waals surface area contributed by atoms with Gasteiger partial charge in [-0.05, 0) is 38.4 Å². The summed E-state index contributed by atoms with van der Waals surface area (Å²) in [6, 6.07) is 2.19. The Hall–Kier alpha value is -1.63. The summed E-state index contributed by atoms with van der Waals surface area (Å²) in [6.45, 7) is 2.19. The van der Waals surface area contributed by atoms with E-state index in [1.807, 2.05) is 7.05 Å². The Bertz CT molecular complexity index is 590. The molecule has 0 saturated carbocycles. The van der Waals surface area contributed by atoms with Crippen molar-refractivity contribution in [1.82, 2.24) is 14.8 Å². The molecular formula is C15H18F3N3O. The summed E-state index contributed by atoms with van der Waals surface area (Å²) in [5.41, 5.74) is -0.944. The van der Waals surface area contributed by atoms with Crippen molar-refractivity contribution in [2.75, 3.05) is 26.7 Å². The molecule has 0 aliphatic carbocycles. The van der Waals surface area contributed by atoms with Gasteiger partial charge in [-0.15, -0.1) is 0 Å². The maximum absolute atomic E-state index is 12.7. The number of carbonyl (C=O) groups excluding carboxylic acids is 1. The maximum atomic E-state index is 12.7. The van der Waals surface area contributed by atoms with Crippen LogP contribution in [0.3, 0.4) is 0 Å². The van der Waals surface area contributed by atoms with E-state index >= 15 is 0 Å². The number of hydrogen-bond donors (Lipinski definition) is 0. The van der Waals surface area contributed by atoms with Crippen LogP contribution in [0.1, 0.15) is 35.3 Å². The highest BCUT2D eigenvalue weighted by molar-refractivity contribution is 5.94. The summed E-state index contributed by atoms with van der Waals surface area (Å²) in [5.74, 6) is -0.340. The zero-order valence-corrected chi connectivity index (χ0v) is 12.4. The number of rotatable bonds is 1. The first kappa shape index (κ1) is 15.3. The first-order valence-electron chi connectivity index (χ1n) is 7.36. The van der Waals surface area contributed by atoms with E-state index in [1.165, 1.54) is 6.07 Å². The van der Waals surface area contributed by atoms with Gasteiger partial charge in [0.1, 0.15) is 5.69 Å². The van der Waals surface area contributed by atoms with E-state index in [4.69, 9.17) is 0 Å². The van der Waals surface area contributed by atoms with Crippen molar-refractivity contribution in [2.45, 2.75) is 31.0 Å². The standard InChI is InChI=1S/C15H18F3N3O/c1-20-8-5-14(20)4-2-7-21(10-14)13(22)11-3-6-19-12(9-11)15(16,17)18/h3,6,9H,2,4-5,7-8,10H2,1H3/t14-/m0/s1. The molecule has 1 aromatic heterocycles. The van der Waals surface area contributed by atoms with Gasteiger partial charge in [-0.3, -0.25) is 14.7 Å². The van der Waals surface area contributed by atoms with E-state index in [2.05, 4.69) is 9.88 Å². The number of nitrogens with zero attached hydrogens (tertiary/aromatic N) is 3. The monoisotopic (exact) mass is 313 g/mol. The van der Waals surface area contributed by atoms with Gasteiger partial charge in [-0.1, -0.05) is 0 Å². The molecule has 0 bridgehead atoms. The third-order valence-electron chi connectivity index (χ3n) is 4.86. The first-order valence-corrected chi connectivity index (χ1v) is 7.36. The molecule has 1 spiro atoms. The third kappa shape index (κ3) is 2.58. The molecule has 3 heterocycles. The first-order chi connectivity index (χ1) is 10.3. The lowest BCUT2D eigenvalue weighted by molar-refractivity contribution is -0.141. The van der Waals surface area contributed by atoms with Gasteiger partial charge in [0.2, 0.25) is 0 Å². The molecule has 0 aromatic carbocycles. The van der Waals surface area contributed by atoms with Crippen molar-refractivity contribution < 1.29 is 18.0 Å². The predicted molar refractivity (Wildman–Crippen MR) is 74.4 cm³/mol. The van der Waals surface area contributed by atoms with Crippen LogP contribution in [-0.2, 0) is 6.18 Å². The average Bonchev–Trinajstić information content (AvgIpc) is 2.52. The van der Waals surface area contributed by atoms with Gasteiger partial charge in [-0.25, -0.2) is 0 Å². The Labute approximate surface area is 126 Å². The molecule has 4 nitrogen and oxygen atoms in total. The second-order valence-corrected chi connectivity index (χ2v) is 6.15. The molecule has 1 atom stereocenters. The molecule has 1 amide bonds. The number of amides is 1. The molecule has 2 aliphatic rings. The van der Waals surface area contributed by atoms with Crippen LogP contribution < -0.4 is 0 Å². The van der Waals surface area contributed by atoms with Crippen LogP contribution in [0.15, 0.2) is 18.3 Å². The molecule has 3 rings (SSSR count). The van der Waals surface area contributed by atoms with Crippen molar-refractivity contribution >= 4 is 5.91 Å². The number of pyridine rings is 1. The quantitative estimate of drug-likeness (QED) is 0.799. The molecular weight excluding hydrogens is 295 g/mol. The summed E-state index contributed by atoms with van der Waals surface area (Å²) >= 11 is 0. The number of likely N-dealkylation sites (tertiary alicyclic amines) is 2. The van der Waals surface area contributed by atoms with Crippen LogP contribution in [0.4, 0.5) is 13.2 Å². The smallest absolute Gasteiger partial charge is 0.337 e. The largest absolute Gasteiger partial charge is 0.433 e. The zero-order valence-electron chi connectivity index (χ0n) is 12.4. The lowest BCUT2D eigenvalue weighted by Gasteiger charge is -2.55. The Balaban J connectivity index is 1.79. The lowest BCUT2D eigenvalue weighted by atomic mass is 9.78. The molecule has 0 N–H and O–H groups in total. The van der Waals surface area contributed by atoms with Gasteiger partial charge in [0.15, 0.2) is 0 Å². The number of halogens is 3. The summed E-state index contributed by atoms with van der Waals surface area (Å²) in [4.78, 5) is 19.7. The van der Waals surface area contributed by atoms with Crippen LogP contribution in [0, 0.1) is 0 Å². The fraction of sp³-hybridized carbons (Fsp3) is 0.600. The van der Waals surface area contributed by atoms with Crippen LogP contribution in [0.25, 0.3) is 0 Å². The lowest BCUT2D eigenvalue weighted by Crippen LogP contribution is -2.66. The van der Waals surface area contributed by atoms with Crippen molar-refractivity contribution in [3.63, 3.8) is 0 Å². The number of alkyl halides is 3. The average molecular weight is 313 g/mol. The van der Waals surface area contributed by atoms with Gasteiger partial charge in [-0.2, -0.15) is 13.2 Å². The highest BCUT2D eigenvalue weighted by Gasteiger charge is 2.46. The summed E-state index contributed by atoms with van der Waals surface area (Å²) in [5, 5.41) is 0.